The van der Waals surface area contributed by atoms with Gasteiger partial charge in [0.1, 0.15) is 0 Å². The summed E-state index contributed by atoms with van der Waals surface area (Å²) in [5, 5.41) is 13.8. The lowest BCUT2D eigenvalue weighted by molar-refractivity contribution is -0.384. The number of benzene rings is 2. The fourth-order valence-corrected chi connectivity index (χ4v) is 2.87. The van der Waals surface area contributed by atoms with E-state index in [0.29, 0.717) is 0 Å². The number of carbonyl (C=O) groups excluding carboxylic acids is 1. The van der Waals surface area contributed by atoms with Crippen molar-refractivity contribution in [3.05, 3.63) is 69.8 Å². The molecule has 0 bridgehead atoms. The van der Waals surface area contributed by atoms with Crippen molar-refractivity contribution < 1.29 is 9.72 Å². The molecule has 118 valence electrons. The van der Waals surface area contributed by atoms with Crippen LogP contribution >= 0.6 is 0 Å². The van der Waals surface area contributed by atoms with Crippen LogP contribution in [0.25, 0.3) is 0 Å². The summed E-state index contributed by atoms with van der Waals surface area (Å²) in [4.78, 5) is 23.1. The first-order valence-corrected chi connectivity index (χ1v) is 7.71. The second-order valence-electron chi connectivity index (χ2n) is 5.85. The van der Waals surface area contributed by atoms with Gasteiger partial charge in [-0.15, -0.1) is 0 Å². The number of nitrogens with zero attached hydrogens (tertiary/aromatic N) is 1. The number of anilines is 1. The van der Waals surface area contributed by atoms with Crippen LogP contribution in [-0.4, -0.2) is 10.8 Å². The zero-order chi connectivity index (χ0) is 16.4. The van der Waals surface area contributed by atoms with Crippen LogP contribution in [-0.2, 0) is 16.6 Å². The van der Waals surface area contributed by atoms with Crippen LogP contribution in [0, 0.1) is 10.1 Å². The lowest BCUT2D eigenvalue weighted by Crippen LogP contribution is -2.28. The number of para-hydroxylation sites is 1. The van der Waals surface area contributed by atoms with Crippen molar-refractivity contribution in [1.29, 1.82) is 0 Å². The molecule has 1 aliphatic carbocycles. The van der Waals surface area contributed by atoms with E-state index in [1.54, 1.807) is 12.1 Å². The first-order chi connectivity index (χ1) is 11.1. The van der Waals surface area contributed by atoms with E-state index in [2.05, 4.69) is 5.32 Å². The number of rotatable bonds is 5. The molecule has 1 saturated carbocycles. The van der Waals surface area contributed by atoms with E-state index in [-0.39, 0.29) is 11.6 Å². The van der Waals surface area contributed by atoms with Crippen LogP contribution in [0.1, 0.15) is 30.9 Å². The number of amides is 1. The molecule has 0 unspecified atom stereocenters. The summed E-state index contributed by atoms with van der Waals surface area (Å²) in [6.45, 7) is 2.05. The molecule has 1 amide bonds. The summed E-state index contributed by atoms with van der Waals surface area (Å²) >= 11 is 0. The van der Waals surface area contributed by atoms with Gasteiger partial charge in [-0.2, -0.15) is 0 Å². The number of non-ortho nitro benzene ring substituents is 1. The van der Waals surface area contributed by atoms with E-state index >= 15 is 0 Å². The predicted octanol–water partition coefficient (Wildman–Crippen LogP) is 3.83. The Morgan fingerprint density at radius 1 is 1.17 bits per heavy atom. The smallest absolute Gasteiger partial charge is 0.269 e. The molecular weight excluding hydrogens is 292 g/mol. The third-order valence-electron chi connectivity index (χ3n) is 4.46. The van der Waals surface area contributed by atoms with E-state index < -0.39 is 10.3 Å². The molecule has 0 heterocycles. The molecule has 0 aromatic heterocycles. The van der Waals surface area contributed by atoms with Gasteiger partial charge in [0.2, 0.25) is 5.91 Å². The van der Waals surface area contributed by atoms with E-state index in [1.807, 2.05) is 31.2 Å². The standard InChI is InChI=1S/C18H18N2O3/c1-2-13-5-3-4-6-16(13)19-17(21)18(11-12-18)14-7-9-15(10-8-14)20(22)23/h3-10H,2,11-12H2,1H3,(H,19,21). The van der Waals surface area contributed by atoms with Crippen molar-refractivity contribution >= 4 is 17.3 Å². The highest BCUT2D eigenvalue weighted by molar-refractivity contribution is 6.01. The Balaban J connectivity index is 1.82. The van der Waals surface area contributed by atoms with Gasteiger partial charge in [-0.1, -0.05) is 37.3 Å². The second-order valence-corrected chi connectivity index (χ2v) is 5.85. The largest absolute Gasteiger partial charge is 0.325 e. The summed E-state index contributed by atoms with van der Waals surface area (Å²) in [5.41, 5.74) is 2.28. The maximum Gasteiger partial charge on any atom is 0.269 e. The summed E-state index contributed by atoms with van der Waals surface area (Å²) < 4.78 is 0. The monoisotopic (exact) mass is 310 g/mol. The molecule has 1 N–H and O–H groups in total. The molecule has 2 aromatic carbocycles. The molecule has 23 heavy (non-hydrogen) atoms. The maximum absolute atomic E-state index is 12.7. The lowest BCUT2D eigenvalue weighted by atomic mass is 9.94. The molecule has 5 heteroatoms. The zero-order valence-corrected chi connectivity index (χ0v) is 12.9. The SMILES string of the molecule is CCc1ccccc1NC(=O)C1(c2ccc([N+](=O)[O-])cc2)CC1. The van der Waals surface area contributed by atoms with Crippen molar-refractivity contribution in [1.82, 2.24) is 0 Å². The third kappa shape index (κ3) is 2.82. The van der Waals surface area contributed by atoms with Crippen LogP contribution < -0.4 is 5.32 Å². The predicted molar refractivity (Wildman–Crippen MR) is 88.5 cm³/mol. The van der Waals surface area contributed by atoms with E-state index in [4.69, 9.17) is 0 Å². The summed E-state index contributed by atoms with van der Waals surface area (Å²) in [6, 6.07) is 14.1. The first-order valence-electron chi connectivity index (χ1n) is 7.71. The summed E-state index contributed by atoms with van der Waals surface area (Å²) in [7, 11) is 0. The van der Waals surface area contributed by atoms with E-state index in [9.17, 15) is 14.9 Å². The molecule has 1 aliphatic rings. The maximum atomic E-state index is 12.7. The molecule has 0 aliphatic heterocycles. The van der Waals surface area contributed by atoms with Gasteiger partial charge in [-0.3, -0.25) is 14.9 Å². The molecule has 5 nitrogen and oxygen atoms in total. The van der Waals surface area contributed by atoms with Gasteiger partial charge in [0.25, 0.3) is 5.69 Å². The van der Waals surface area contributed by atoms with E-state index in [0.717, 1.165) is 36.1 Å². The fourth-order valence-electron chi connectivity index (χ4n) is 2.87. The van der Waals surface area contributed by atoms with Crippen LogP contribution in [0.15, 0.2) is 48.5 Å². The van der Waals surface area contributed by atoms with Crippen molar-refractivity contribution in [2.75, 3.05) is 5.32 Å². The van der Waals surface area contributed by atoms with Crippen LogP contribution in [0.2, 0.25) is 0 Å². The second kappa shape index (κ2) is 5.83. The number of hydrogen-bond donors (Lipinski definition) is 1. The van der Waals surface area contributed by atoms with Gasteiger partial charge in [0, 0.05) is 17.8 Å². The molecule has 1 fully saturated rings. The Morgan fingerprint density at radius 2 is 1.83 bits per heavy atom. The Morgan fingerprint density at radius 3 is 2.39 bits per heavy atom. The average molecular weight is 310 g/mol. The first kappa shape index (κ1) is 15.2. The number of carbonyl (C=O) groups is 1. The highest BCUT2D eigenvalue weighted by Crippen LogP contribution is 2.49. The normalized spacial score (nSPS) is 15.0. The van der Waals surface area contributed by atoms with E-state index in [1.165, 1.54) is 12.1 Å². The van der Waals surface area contributed by atoms with Gasteiger partial charge in [-0.05, 0) is 36.5 Å². The zero-order valence-electron chi connectivity index (χ0n) is 12.9. The summed E-state index contributed by atoms with van der Waals surface area (Å²) in [5.74, 6) is -0.0350. The Hall–Kier alpha value is -2.69. The van der Waals surface area contributed by atoms with Crippen LogP contribution in [0.5, 0.6) is 0 Å². The quantitative estimate of drug-likeness (QED) is 0.674. The highest BCUT2D eigenvalue weighted by Gasteiger charge is 2.51. The van der Waals surface area contributed by atoms with Crippen LogP contribution in [0.3, 0.4) is 0 Å². The van der Waals surface area contributed by atoms with Gasteiger partial charge >= 0.3 is 0 Å². The molecular formula is C18H18N2O3. The molecule has 3 rings (SSSR count). The summed E-state index contributed by atoms with van der Waals surface area (Å²) in [6.07, 6.45) is 2.39. The molecule has 0 radical (unpaired) electrons. The molecule has 2 aromatic rings. The number of nitro groups is 1. The molecule has 0 atom stereocenters. The Labute approximate surface area is 134 Å². The van der Waals surface area contributed by atoms with Crippen molar-refractivity contribution in [2.45, 2.75) is 31.6 Å². The minimum Gasteiger partial charge on any atom is -0.325 e. The van der Waals surface area contributed by atoms with Gasteiger partial charge in [0.15, 0.2) is 0 Å². The third-order valence-corrected chi connectivity index (χ3v) is 4.46. The number of hydrogen-bond acceptors (Lipinski definition) is 3. The minimum atomic E-state index is -0.546. The number of nitro benzene ring substituents is 1. The van der Waals surface area contributed by atoms with Crippen LogP contribution in [0.4, 0.5) is 11.4 Å². The van der Waals surface area contributed by atoms with Gasteiger partial charge < -0.3 is 5.32 Å². The van der Waals surface area contributed by atoms with Crippen molar-refractivity contribution in [2.24, 2.45) is 0 Å². The lowest BCUT2D eigenvalue weighted by Gasteiger charge is -2.17. The number of nitrogens with one attached hydrogen (secondary N) is 1. The highest BCUT2D eigenvalue weighted by atomic mass is 16.6. The Kier molecular flexibility index (Phi) is 3.86. The molecule has 0 saturated heterocycles. The Bertz CT molecular complexity index is 749. The minimum absolute atomic E-state index is 0.0350. The fraction of sp³-hybridized carbons (Fsp3) is 0.278. The van der Waals surface area contributed by atoms with Gasteiger partial charge in [0.05, 0.1) is 10.3 Å². The topological polar surface area (TPSA) is 72.2 Å². The van der Waals surface area contributed by atoms with Crippen molar-refractivity contribution in [3.63, 3.8) is 0 Å². The van der Waals surface area contributed by atoms with Crippen molar-refractivity contribution in [3.8, 4) is 0 Å². The average Bonchev–Trinajstić information content (AvgIpc) is 3.37. The number of aryl methyl sites for hydroxylation is 1. The van der Waals surface area contributed by atoms with Gasteiger partial charge in [-0.25, -0.2) is 0 Å². The molecule has 0 spiro atoms.